The van der Waals surface area contributed by atoms with Crippen molar-refractivity contribution in [1.82, 2.24) is 4.72 Å². The minimum atomic E-state index is -3.97. The van der Waals surface area contributed by atoms with Gasteiger partial charge in [0.15, 0.2) is 0 Å². The summed E-state index contributed by atoms with van der Waals surface area (Å²) in [4.78, 5) is 11.2. The van der Waals surface area contributed by atoms with Crippen molar-refractivity contribution in [3.05, 3.63) is 28.3 Å². The zero-order valence-corrected chi connectivity index (χ0v) is 13.4. The van der Waals surface area contributed by atoms with Crippen LogP contribution >= 0.6 is 0 Å². The van der Waals surface area contributed by atoms with E-state index in [2.05, 4.69) is 4.72 Å². The molecule has 0 heterocycles. The summed E-state index contributed by atoms with van der Waals surface area (Å²) >= 11 is 0. The molecule has 1 atom stereocenters. The number of aliphatic hydroxyl groups is 1. The molecule has 0 saturated heterocycles. The molecule has 118 valence electrons. The first kappa shape index (κ1) is 17.6. The van der Waals surface area contributed by atoms with Crippen LogP contribution in [0.25, 0.3) is 0 Å². The highest BCUT2D eigenvalue weighted by atomic mass is 32.2. The van der Waals surface area contributed by atoms with Crippen molar-refractivity contribution in [2.75, 3.05) is 6.61 Å². The van der Waals surface area contributed by atoms with Gasteiger partial charge in [0.1, 0.15) is 6.04 Å². The number of carboxylic acid groups (broad SMARTS) is 1. The van der Waals surface area contributed by atoms with E-state index in [4.69, 9.17) is 10.2 Å². The summed E-state index contributed by atoms with van der Waals surface area (Å²) in [5.74, 6) is -1.31. The third-order valence-corrected chi connectivity index (χ3v) is 5.32. The van der Waals surface area contributed by atoms with Crippen molar-refractivity contribution in [3.63, 3.8) is 0 Å². The molecular weight excluding hydrogens is 294 g/mol. The van der Waals surface area contributed by atoms with Gasteiger partial charge in [0.2, 0.25) is 10.0 Å². The predicted octanol–water partition coefficient (Wildman–Crippen LogP) is 1.03. The number of carbonyl (C=O) groups is 1. The van der Waals surface area contributed by atoms with Crippen LogP contribution in [0.15, 0.2) is 11.0 Å². The highest BCUT2D eigenvalue weighted by Crippen LogP contribution is 2.26. The Morgan fingerprint density at radius 3 is 2.05 bits per heavy atom. The minimum Gasteiger partial charge on any atom is -0.480 e. The van der Waals surface area contributed by atoms with E-state index >= 15 is 0 Å². The Labute approximate surface area is 124 Å². The van der Waals surface area contributed by atoms with Crippen molar-refractivity contribution in [2.24, 2.45) is 0 Å². The lowest BCUT2D eigenvalue weighted by atomic mass is 10.0. The van der Waals surface area contributed by atoms with Crippen LogP contribution in [0.1, 0.15) is 28.7 Å². The van der Waals surface area contributed by atoms with Gasteiger partial charge in [-0.05, 0) is 56.4 Å². The maximum absolute atomic E-state index is 12.5. The quantitative estimate of drug-likeness (QED) is 0.727. The van der Waals surface area contributed by atoms with Crippen LogP contribution in [0.3, 0.4) is 0 Å². The molecule has 0 aliphatic heterocycles. The molecule has 0 radical (unpaired) electrons. The number of nitrogens with one attached hydrogen (secondary N) is 1. The van der Waals surface area contributed by atoms with Crippen molar-refractivity contribution < 1.29 is 23.4 Å². The van der Waals surface area contributed by atoms with E-state index in [0.717, 1.165) is 11.1 Å². The van der Waals surface area contributed by atoms with Gasteiger partial charge in [-0.3, -0.25) is 4.79 Å². The second-order valence-electron chi connectivity index (χ2n) is 5.11. The summed E-state index contributed by atoms with van der Waals surface area (Å²) in [6.07, 6.45) is -0.183. The maximum Gasteiger partial charge on any atom is 0.321 e. The van der Waals surface area contributed by atoms with Crippen LogP contribution in [0.2, 0.25) is 0 Å². The average Bonchev–Trinajstić information content (AvgIpc) is 2.35. The number of benzene rings is 1. The zero-order chi connectivity index (χ0) is 16.4. The largest absolute Gasteiger partial charge is 0.480 e. The van der Waals surface area contributed by atoms with Gasteiger partial charge in [0.05, 0.1) is 4.90 Å². The number of aliphatic carboxylic acids is 1. The van der Waals surface area contributed by atoms with Crippen LogP contribution in [0.5, 0.6) is 0 Å². The molecule has 0 fully saturated rings. The lowest BCUT2D eigenvalue weighted by molar-refractivity contribution is -0.139. The smallest absolute Gasteiger partial charge is 0.321 e. The second-order valence-corrected chi connectivity index (χ2v) is 6.76. The van der Waals surface area contributed by atoms with E-state index in [1.165, 1.54) is 0 Å². The molecule has 0 saturated carbocycles. The van der Waals surface area contributed by atoms with Crippen LogP contribution in [-0.2, 0) is 14.8 Å². The fourth-order valence-corrected chi connectivity index (χ4v) is 4.03. The SMILES string of the molecule is Cc1cc(C)c(C)c(S(=O)(=O)N[C@@H](CCO)C(=O)O)c1C. The minimum absolute atomic E-state index is 0.115. The normalized spacial score (nSPS) is 13.2. The lowest BCUT2D eigenvalue weighted by Crippen LogP contribution is -2.41. The second kappa shape index (κ2) is 6.55. The third-order valence-electron chi connectivity index (χ3n) is 3.58. The van der Waals surface area contributed by atoms with E-state index in [0.29, 0.717) is 11.1 Å². The topological polar surface area (TPSA) is 104 Å². The molecule has 1 rings (SSSR count). The Balaban J connectivity index is 3.35. The molecule has 0 aliphatic carbocycles. The number of hydrogen-bond donors (Lipinski definition) is 3. The molecule has 21 heavy (non-hydrogen) atoms. The monoisotopic (exact) mass is 315 g/mol. The van der Waals surface area contributed by atoms with Gasteiger partial charge in [0.25, 0.3) is 0 Å². The van der Waals surface area contributed by atoms with Crippen molar-refractivity contribution in [1.29, 1.82) is 0 Å². The van der Waals surface area contributed by atoms with Gasteiger partial charge in [0, 0.05) is 6.61 Å². The maximum atomic E-state index is 12.5. The fraction of sp³-hybridized carbons (Fsp3) is 0.500. The summed E-state index contributed by atoms with van der Waals surface area (Å²) in [6.45, 7) is 6.59. The summed E-state index contributed by atoms with van der Waals surface area (Å²) in [6, 6.07) is 0.547. The molecule has 0 bridgehead atoms. The molecule has 0 amide bonds. The van der Waals surface area contributed by atoms with Gasteiger partial charge < -0.3 is 10.2 Å². The van der Waals surface area contributed by atoms with E-state index < -0.39 is 28.6 Å². The van der Waals surface area contributed by atoms with Gasteiger partial charge in [-0.25, -0.2) is 8.42 Å². The van der Waals surface area contributed by atoms with Gasteiger partial charge in [-0.15, -0.1) is 0 Å². The van der Waals surface area contributed by atoms with Crippen LogP contribution in [0, 0.1) is 27.7 Å². The summed E-state index contributed by atoms with van der Waals surface area (Å²) < 4.78 is 27.2. The summed E-state index contributed by atoms with van der Waals surface area (Å²) in [5, 5.41) is 17.9. The predicted molar refractivity (Wildman–Crippen MR) is 78.8 cm³/mol. The third kappa shape index (κ3) is 3.81. The van der Waals surface area contributed by atoms with E-state index in [9.17, 15) is 13.2 Å². The van der Waals surface area contributed by atoms with Crippen molar-refractivity contribution in [2.45, 2.75) is 45.1 Å². The fourth-order valence-electron chi connectivity index (χ4n) is 2.19. The first-order chi connectivity index (χ1) is 9.61. The molecule has 0 unspecified atom stereocenters. The Kier molecular flexibility index (Phi) is 5.49. The highest BCUT2D eigenvalue weighted by Gasteiger charge is 2.28. The average molecular weight is 315 g/mol. The number of aryl methyl sites for hydroxylation is 2. The van der Waals surface area contributed by atoms with E-state index in [1.807, 2.05) is 19.9 Å². The molecular formula is C14H21NO5S. The van der Waals surface area contributed by atoms with E-state index in [1.54, 1.807) is 13.8 Å². The summed E-state index contributed by atoms with van der Waals surface area (Å²) in [5.41, 5.74) is 2.84. The first-order valence-corrected chi connectivity index (χ1v) is 8.03. The van der Waals surface area contributed by atoms with E-state index in [-0.39, 0.29) is 11.3 Å². The van der Waals surface area contributed by atoms with Crippen molar-refractivity contribution in [3.8, 4) is 0 Å². The number of hydrogen-bond acceptors (Lipinski definition) is 4. The van der Waals surface area contributed by atoms with Crippen LogP contribution < -0.4 is 4.72 Å². The van der Waals surface area contributed by atoms with Gasteiger partial charge in [-0.2, -0.15) is 4.72 Å². The summed E-state index contributed by atoms with van der Waals surface area (Å²) in [7, 11) is -3.97. The molecule has 6 nitrogen and oxygen atoms in total. The molecule has 1 aromatic rings. The van der Waals surface area contributed by atoms with Crippen LogP contribution in [-0.4, -0.2) is 37.2 Å². The Morgan fingerprint density at radius 2 is 1.67 bits per heavy atom. The molecule has 1 aromatic carbocycles. The van der Waals surface area contributed by atoms with Gasteiger partial charge >= 0.3 is 5.97 Å². The standard InChI is InChI=1S/C14H21NO5S/c1-8-7-9(2)11(4)13(10(8)3)21(19,20)15-12(5-6-16)14(17)18/h7,12,15-16H,5-6H2,1-4H3,(H,17,18)/t12-/m0/s1. The molecule has 3 N–H and O–H groups in total. The Hall–Kier alpha value is -1.44. The number of carboxylic acids is 1. The molecule has 7 heteroatoms. The molecule has 0 spiro atoms. The molecule has 0 aliphatic rings. The first-order valence-electron chi connectivity index (χ1n) is 6.55. The van der Waals surface area contributed by atoms with Crippen LogP contribution in [0.4, 0.5) is 0 Å². The number of rotatable bonds is 6. The Morgan fingerprint density at radius 1 is 1.19 bits per heavy atom. The Bertz CT molecular complexity index is 626. The molecule has 0 aromatic heterocycles. The lowest BCUT2D eigenvalue weighted by Gasteiger charge is -2.19. The number of aliphatic hydroxyl groups excluding tert-OH is 1. The van der Waals surface area contributed by atoms with Gasteiger partial charge in [-0.1, -0.05) is 6.07 Å². The van der Waals surface area contributed by atoms with Crippen molar-refractivity contribution >= 4 is 16.0 Å². The zero-order valence-electron chi connectivity index (χ0n) is 12.6. The highest BCUT2D eigenvalue weighted by molar-refractivity contribution is 7.89. The number of sulfonamides is 1.